The number of hydrogen-bond acceptors (Lipinski definition) is 2. The smallest absolute Gasteiger partial charge is 0.226 e. The van der Waals surface area contributed by atoms with Gasteiger partial charge in [0, 0.05) is 19.0 Å². The van der Waals surface area contributed by atoms with Crippen LogP contribution in [0.4, 0.5) is 0 Å². The zero-order chi connectivity index (χ0) is 9.64. The quantitative estimate of drug-likeness (QED) is 0.647. The Kier molecular flexibility index (Phi) is 1.88. The monoisotopic (exact) mass is 183 g/mol. The number of aliphatic hydroxyl groups is 1. The van der Waals surface area contributed by atoms with Crippen molar-refractivity contribution in [3.05, 3.63) is 0 Å². The Morgan fingerprint density at radius 1 is 1.62 bits per heavy atom. The molecule has 0 aromatic carbocycles. The van der Waals surface area contributed by atoms with Crippen LogP contribution in [-0.4, -0.2) is 34.6 Å². The van der Waals surface area contributed by atoms with E-state index in [1.54, 1.807) is 6.92 Å². The molecular formula is C10H17NO2. The van der Waals surface area contributed by atoms with Gasteiger partial charge in [-0.25, -0.2) is 0 Å². The van der Waals surface area contributed by atoms with Gasteiger partial charge in [0.05, 0.1) is 5.60 Å². The minimum Gasteiger partial charge on any atom is -0.388 e. The van der Waals surface area contributed by atoms with Crippen molar-refractivity contribution in [1.29, 1.82) is 0 Å². The molecule has 1 amide bonds. The van der Waals surface area contributed by atoms with Gasteiger partial charge in [0.2, 0.25) is 5.91 Å². The van der Waals surface area contributed by atoms with Crippen molar-refractivity contribution in [3.63, 3.8) is 0 Å². The van der Waals surface area contributed by atoms with E-state index in [9.17, 15) is 9.90 Å². The molecule has 3 atom stereocenters. The average Bonchev–Trinajstić information content (AvgIpc) is 2.64. The minimum atomic E-state index is -0.645. The number of β-amino-alcohol motifs (C(OH)–C–C–N with tert-alkyl or cyclic N) is 1. The molecule has 1 unspecified atom stereocenters. The predicted octanol–water partition coefficient (Wildman–Crippen LogP) is 0.626. The van der Waals surface area contributed by atoms with Gasteiger partial charge in [-0.1, -0.05) is 6.92 Å². The van der Waals surface area contributed by atoms with E-state index in [0.717, 1.165) is 19.4 Å². The lowest BCUT2D eigenvalue weighted by molar-refractivity contribution is -0.132. The second-order valence-corrected chi connectivity index (χ2v) is 4.83. The molecule has 0 aromatic heterocycles. The summed E-state index contributed by atoms with van der Waals surface area (Å²) < 4.78 is 0. The molecule has 3 nitrogen and oxygen atoms in total. The normalized spacial score (nSPS) is 43.8. The second kappa shape index (κ2) is 2.71. The van der Waals surface area contributed by atoms with E-state index in [4.69, 9.17) is 0 Å². The molecule has 2 fully saturated rings. The summed E-state index contributed by atoms with van der Waals surface area (Å²) in [4.78, 5) is 13.5. The summed E-state index contributed by atoms with van der Waals surface area (Å²) in [5.41, 5.74) is -0.645. The Balaban J connectivity index is 1.93. The zero-order valence-electron chi connectivity index (χ0n) is 8.29. The highest BCUT2D eigenvalue weighted by atomic mass is 16.3. The molecule has 0 aromatic rings. The van der Waals surface area contributed by atoms with Crippen molar-refractivity contribution >= 4 is 5.91 Å². The predicted molar refractivity (Wildman–Crippen MR) is 49.1 cm³/mol. The van der Waals surface area contributed by atoms with Gasteiger partial charge in [0.15, 0.2) is 0 Å². The van der Waals surface area contributed by atoms with Gasteiger partial charge in [-0.15, -0.1) is 0 Å². The molecule has 0 spiro atoms. The van der Waals surface area contributed by atoms with Crippen LogP contribution in [0.1, 0.15) is 26.7 Å². The van der Waals surface area contributed by atoms with Crippen LogP contribution in [0.15, 0.2) is 0 Å². The fourth-order valence-corrected chi connectivity index (χ4v) is 2.03. The van der Waals surface area contributed by atoms with Crippen LogP contribution in [0.25, 0.3) is 0 Å². The lowest BCUT2D eigenvalue weighted by Crippen LogP contribution is -2.35. The summed E-state index contributed by atoms with van der Waals surface area (Å²) in [7, 11) is 0. The first-order valence-electron chi connectivity index (χ1n) is 5.01. The molecule has 2 aliphatic rings. The van der Waals surface area contributed by atoms with E-state index in [0.29, 0.717) is 12.5 Å². The van der Waals surface area contributed by atoms with E-state index < -0.39 is 5.60 Å². The summed E-state index contributed by atoms with van der Waals surface area (Å²) in [5, 5.41) is 9.69. The first-order chi connectivity index (χ1) is 5.99. The van der Waals surface area contributed by atoms with E-state index in [2.05, 4.69) is 6.92 Å². The molecule has 3 heteroatoms. The molecule has 1 aliphatic heterocycles. The van der Waals surface area contributed by atoms with Crippen LogP contribution in [0.3, 0.4) is 0 Å². The van der Waals surface area contributed by atoms with Gasteiger partial charge >= 0.3 is 0 Å². The van der Waals surface area contributed by atoms with Gasteiger partial charge in [0.1, 0.15) is 0 Å². The summed E-state index contributed by atoms with van der Waals surface area (Å²) in [6.45, 7) is 5.16. The molecule has 0 bridgehead atoms. The Morgan fingerprint density at radius 3 is 2.62 bits per heavy atom. The number of hydrogen-bond donors (Lipinski definition) is 1. The summed E-state index contributed by atoms with van der Waals surface area (Å²) in [6, 6.07) is 0. The van der Waals surface area contributed by atoms with E-state index in [1.165, 1.54) is 0 Å². The van der Waals surface area contributed by atoms with Crippen LogP contribution < -0.4 is 0 Å². The van der Waals surface area contributed by atoms with E-state index in [-0.39, 0.29) is 11.8 Å². The Labute approximate surface area is 78.7 Å². The number of amides is 1. The van der Waals surface area contributed by atoms with Crippen LogP contribution in [-0.2, 0) is 4.79 Å². The third-order valence-electron chi connectivity index (χ3n) is 3.19. The third kappa shape index (κ3) is 1.70. The molecule has 74 valence electrons. The Bertz CT molecular complexity index is 237. The van der Waals surface area contributed by atoms with Crippen LogP contribution >= 0.6 is 0 Å². The third-order valence-corrected chi connectivity index (χ3v) is 3.19. The number of carbonyl (C=O) groups excluding carboxylic acids is 1. The standard InChI is InChI=1S/C10H17NO2/c1-7-5-8(7)9(12)11-4-3-10(2,13)6-11/h7-8,13H,3-6H2,1-2H3/t7-,8-,10?/m0/s1. The first-order valence-corrected chi connectivity index (χ1v) is 5.01. The Hall–Kier alpha value is -0.570. The number of nitrogens with zero attached hydrogens (tertiary/aromatic N) is 1. The van der Waals surface area contributed by atoms with E-state index >= 15 is 0 Å². The summed E-state index contributed by atoms with van der Waals surface area (Å²) in [6.07, 6.45) is 1.76. The average molecular weight is 183 g/mol. The fraction of sp³-hybridized carbons (Fsp3) is 0.900. The Morgan fingerprint density at radius 2 is 2.23 bits per heavy atom. The molecule has 13 heavy (non-hydrogen) atoms. The molecule has 1 heterocycles. The van der Waals surface area contributed by atoms with Gasteiger partial charge in [-0.05, 0) is 25.7 Å². The molecule has 1 N–H and O–H groups in total. The van der Waals surface area contributed by atoms with Crippen molar-refractivity contribution in [2.75, 3.05) is 13.1 Å². The molecule has 1 aliphatic carbocycles. The topological polar surface area (TPSA) is 40.5 Å². The summed E-state index contributed by atoms with van der Waals surface area (Å²) in [5.74, 6) is 1.08. The molecule has 1 saturated carbocycles. The fourth-order valence-electron chi connectivity index (χ4n) is 2.03. The maximum atomic E-state index is 11.7. The van der Waals surface area contributed by atoms with E-state index in [1.807, 2.05) is 4.90 Å². The molecule has 0 radical (unpaired) electrons. The van der Waals surface area contributed by atoms with Crippen molar-refractivity contribution in [2.45, 2.75) is 32.3 Å². The highest BCUT2D eigenvalue weighted by Crippen LogP contribution is 2.40. The minimum absolute atomic E-state index is 0.255. The maximum absolute atomic E-state index is 11.7. The van der Waals surface area contributed by atoms with Crippen LogP contribution in [0, 0.1) is 11.8 Å². The number of carbonyl (C=O) groups is 1. The van der Waals surface area contributed by atoms with Gasteiger partial charge < -0.3 is 10.0 Å². The highest BCUT2D eigenvalue weighted by molar-refractivity contribution is 5.82. The lowest BCUT2D eigenvalue weighted by Gasteiger charge is -2.18. The number of likely N-dealkylation sites (tertiary alicyclic amines) is 1. The second-order valence-electron chi connectivity index (χ2n) is 4.83. The summed E-state index contributed by atoms with van der Waals surface area (Å²) >= 11 is 0. The van der Waals surface area contributed by atoms with Crippen molar-refractivity contribution in [2.24, 2.45) is 11.8 Å². The van der Waals surface area contributed by atoms with Gasteiger partial charge in [-0.3, -0.25) is 4.79 Å². The first kappa shape index (κ1) is 9.00. The molecule has 1 saturated heterocycles. The van der Waals surface area contributed by atoms with Gasteiger partial charge in [0.25, 0.3) is 0 Å². The van der Waals surface area contributed by atoms with Crippen molar-refractivity contribution in [1.82, 2.24) is 4.90 Å². The maximum Gasteiger partial charge on any atom is 0.226 e. The zero-order valence-corrected chi connectivity index (χ0v) is 8.29. The van der Waals surface area contributed by atoms with Crippen LogP contribution in [0.5, 0.6) is 0 Å². The molecule has 2 rings (SSSR count). The van der Waals surface area contributed by atoms with Gasteiger partial charge in [-0.2, -0.15) is 0 Å². The van der Waals surface area contributed by atoms with Crippen molar-refractivity contribution < 1.29 is 9.90 Å². The lowest BCUT2D eigenvalue weighted by atomic mass is 10.1. The molecular weight excluding hydrogens is 166 g/mol. The highest BCUT2D eigenvalue weighted by Gasteiger charge is 2.44. The van der Waals surface area contributed by atoms with Crippen molar-refractivity contribution in [3.8, 4) is 0 Å². The SMILES string of the molecule is C[C@H]1C[C@@H]1C(=O)N1CCC(C)(O)C1. The largest absolute Gasteiger partial charge is 0.388 e. The number of rotatable bonds is 1. The van der Waals surface area contributed by atoms with Crippen LogP contribution in [0.2, 0.25) is 0 Å².